The van der Waals surface area contributed by atoms with E-state index >= 15 is 0 Å². The van der Waals surface area contributed by atoms with Crippen molar-refractivity contribution in [1.82, 2.24) is 10.3 Å². The van der Waals surface area contributed by atoms with Crippen molar-refractivity contribution in [2.45, 2.75) is 19.3 Å². The summed E-state index contributed by atoms with van der Waals surface area (Å²) >= 11 is 1.70. The van der Waals surface area contributed by atoms with Crippen LogP contribution in [-0.2, 0) is 6.42 Å². The lowest BCUT2D eigenvalue weighted by molar-refractivity contribution is 0.374. The van der Waals surface area contributed by atoms with E-state index in [1.54, 1.807) is 11.3 Å². The molecule has 1 saturated heterocycles. The van der Waals surface area contributed by atoms with E-state index in [1.165, 1.54) is 31.6 Å². The minimum Gasteiger partial charge on any atom is -0.316 e. The molecule has 1 N–H and O–H groups in total. The van der Waals surface area contributed by atoms with Gasteiger partial charge in [0.25, 0.3) is 0 Å². The SMILES string of the molecule is c1nc(CC2CCCNC2)cs1. The Hall–Kier alpha value is -0.410. The molecule has 0 amide bonds. The number of aromatic nitrogens is 1. The molecule has 1 fully saturated rings. The summed E-state index contributed by atoms with van der Waals surface area (Å²) in [6, 6.07) is 0. The summed E-state index contributed by atoms with van der Waals surface area (Å²) in [5.74, 6) is 0.820. The molecular formula is C9H14N2S. The molecule has 2 heterocycles. The lowest BCUT2D eigenvalue weighted by atomic mass is 9.95. The van der Waals surface area contributed by atoms with Crippen LogP contribution in [0, 0.1) is 5.92 Å². The van der Waals surface area contributed by atoms with Gasteiger partial charge in [-0.25, -0.2) is 4.98 Å². The summed E-state index contributed by atoms with van der Waals surface area (Å²) < 4.78 is 0. The maximum atomic E-state index is 4.30. The molecule has 0 spiro atoms. The van der Waals surface area contributed by atoms with Crippen molar-refractivity contribution in [3.63, 3.8) is 0 Å². The highest BCUT2D eigenvalue weighted by molar-refractivity contribution is 7.07. The number of piperidine rings is 1. The van der Waals surface area contributed by atoms with Crippen molar-refractivity contribution in [2.75, 3.05) is 13.1 Å². The van der Waals surface area contributed by atoms with E-state index in [0.717, 1.165) is 12.3 Å². The van der Waals surface area contributed by atoms with E-state index in [-0.39, 0.29) is 0 Å². The molecule has 1 atom stereocenters. The second-order valence-corrected chi connectivity index (χ2v) is 4.11. The lowest BCUT2D eigenvalue weighted by Gasteiger charge is -2.21. The fourth-order valence-corrected chi connectivity index (χ4v) is 2.30. The first-order valence-corrected chi connectivity index (χ1v) is 5.47. The van der Waals surface area contributed by atoms with Crippen molar-refractivity contribution in [3.8, 4) is 0 Å². The highest BCUT2D eigenvalue weighted by Crippen LogP contribution is 2.15. The van der Waals surface area contributed by atoms with Crippen molar-refractivity contribution >= 4 is 11.3 Å². The molecule has 0 aliphatic carbocycles. The first kappa shape index (κ1) is 8.20. The Balaban J connectivity index is 1.86. The molecule has 3 heteroatoms. The minimum atomic E-state index is 0.820. The molecule has 1 aliphatic heterocycles. The van der Waals surface area contributed by atoms with E-state index in [4.69, 9.17) is 0 Å². The highest BCUT2D eigenvalue weighted by Gasteiger charge is 2.13. The molecule has 0 aromatic carbocycles. The largest absolute Gasteiger partial charge is 0.316 e. The summed E-state index contributed by atoms with van der Waals surface area (Å²) in [4.78, 5) is 4.30. The monoisotopic (exact) mass is 182 g/mol. The highest BCUT2D eigenvalue weighted by atomic mass is 32.1. The van der Waals surface area contributed by atoms with Crippen LogP contribution in [0.2, 0.25) is 0 Å². The Morgan fingerprint density at radius 1 is 1.67 bits per heavy atom. The molecule has 2 nitrogen and oxygen atoms in total. The Kier molecular flexibility index (Phi) is 2.74. The number of thiazole rings is 1. The first-order valence-electron chi connectivity index (χ1n) is 4.53. The maximum Gasteiger partial charge on any atom is 0.0794 e. The number of nitrogens with one attached hydrogen (secondary N) is 1. The van der Waals surface area contributed by atoms with Crippen molar-refractivity contribution in [1.29, 1.82) is 0 Å². The summed E-state index contributed by atoms with van der Waals surface area (Å²) in [6.07, 6.45) is 3.86. The van der Waals surface area contributed by atoms with Crippen LogP contribution < -0.4 is 5.32 Å². The Labute approximate surface area is 77.0 Å². The Bertz CT molecular complexity index is 214. The van der Waals surface area contributed by atoms with E-state index in [0.29, 0.717) is 0 Å². The van der Waals surface area contributed by atoms with E-state index in [1.807, 2.05) is 5.51 Å². The van der Waals surface area contributed by atoms with Crippen LogP contribution in [-0.4, -0.2) is 18.1 Å². The van der Waals surface area contributed by atoms with E-state index in [9.17, 15) is 0 Å². The topological polar surface area (TPSA) is 24.9 Å². The predicted molar refractivity (Wildman–Crippen MR) is 51.4 cm³/mol. The minimum absolute atomic E-state index is 0.820. The molecule has 2 rings (SSSR count). The molecule has 1 aromatic heterocycles. The first-order chi connectivity index (χ1) is 5.95. The van der Waals surface area contributed by atoms with Gasteiger partial charge in [0.05, 0.1) is 11.2 Å². The third-order valence-electron chi connectivity index (χ3n) is 2.38. The second-order valence-electron chi connectivity index (χ2n) is 3.40. The van der Waals surface area contributed by atoms with Gasteiger partial charge < -0.3 is 5.32 Å². The number of rotatable bonds is 2. The van der Waals surface area contributed by atoms with Crippen LogP contribution in [0.1, 0.15) is 18.5 Å². The van der Waals surface area contributed by atoms with Gasteiger partial charge in [-0.2, -0.15) is 0 Å². The average molecular weight is 182 g/mol. The van der Waals surface area contributed by atoms with Crippen molar-refractivity contribution in [3.05, 3.63) is 16.6 Å². The molecule has 12 heavy (non-hydrogen) atoms. The predicted octanol–water partition coefficient (Wildman–Crippen LogP) is 1.69. The van der Waals surface area contributed by atoms with E-state index in [2.05, 4.69) is 15.7 Å². The zero-order chi connectivity index (χ0) is 8.23. The maximum absolute atomic E-state index is 4.30. The summed E-state index contributed by atoms with van der Waals surface area (Å²) in [5.41, 5.74) is 3.19. The van der Waals surface area contributed by atoms with E-state index < -0.39 is 0 Å². The average Bonchev–Trinajstić information content (AvgIpc) is 2.59. The molecule has 1 aromatic rings. The molecule has 66 valence electrons. The van der Waals surface area contributed by atoms with Gasteiger partial charge in [0.15, 0.2) is 0 Å². The molecule has 0 bridgehead atoms. The van der Waals surface area contributed by atoms with Gasteiger partial charge in [-0.15, -0.1) is 11.3 Å². The van der Waals surface area contributed by atoms with Gasteiger partial charge in [-0.1, -0.05) is 0 Å². The zero-order valence-corrected chi connectivity index (χ0v) is 7.94. The normalized spacial score (nSPS) is 24.2. The molecular weight excluding hydrogens is 168 g/mol. The quantitative estimate of drug-likeness (QED) is 0.753. The molecule has 0 radical (unpaired) electrons. The van der Waals surface area contributed by atoms with Crippen LogP contribution in [0.3, 0.4) is 0 Å². The molecule has 1 aliphatic rings. The standard InChI is InChI=1S/C9H14N2S/c1-2-8(5-10-3-1)4-9-6-12-7-11-9/h6-8,10H,1-5H2. The number of hydrogen-bond donors (Lipinski definition) is 1. The van der Waals surface area contributed by atoms with Crippen LogP contribution in [0.25, 0.3) is 0 Å². The third-order valence-corrected chi connectivity index (χ3v) is 3.02. The van der Waals surface area contributed by atoms with Crippen molar-refractivity contribution in [2.24, 2.45) is 5.92 Å². The number of nitrogens with zero attached hydrogens (tertiary/aromatic N) is 1. The van der Waals surface area contributed by atoms with Crippen LogP contribution in [0.4, 0.5) is 0 Å². The van der Waals surface area contributed by atoms with Crippen molar-refractivity contribution < 1.29 is 0 Å². The Morgan fingerprint density at radius 3 is 3.33 bits per heavy atom. The smallest absolute Gasteiger partial charge is 0.0794 e. The van der Waals surface area contributed by atoms with Gasteiger partial charge in [-0.05, 0) is 38.3 Å². The number of hydrogen-bond acceptors (Lipinski definition) is 3. The fraction of sp³-hybridized carbons (Fsp3) is 0.667. The summed E-state index contributed by atoms with van der Waals surface area (Å²) in [7, 11) is 0. The van der Waals surface area contributed by atoms with Gasteiger partial charge in [-0.3, -0.25) is 0 Å². The van der Waals surface area contributed by atoms with Gasteiger partial charge in [0, 0.05) is 5.38 Å². The Morgan fingerprint density at radius 2 is 2.67 bits per heavy atom. The fourth-order valence-electron chi connectivity index (χ4n) is 1.73. The molecule has 1 unspecified atom stereocenters. The second kappa shape index (κ2) is 4.01. The summed E-state index contributed by atoms with van der Waals surface area (Å²) in [5, 5.41) is 5.58. The lowest BCUT2D eigenvalue weighted by Crippen LogP contribution is -2.30. The van der Waals surface area contributed by atoms with Gasteiger partial charge in [0.1, 0.15) is 0 Å². The van der Waals surface area contributed by atoms with Crippen LogP contribution in [0.5, 0.6) is 0 Å². The third kappa shape index (κ3) is 2.05. The van der Waals surface area contributed by atoms with Gasteiger partial charge in [0.2, 0.25) is 0 Å². The van der Waals surface area contributed by atoms with Crippen LogP contribution >= 0.6 is 11.3 Å². The van der Waals surface area contributed by atoms with Crippen LogP contribution in [0.15, 0.2) is 10.9 Å². The van der Waals surface area contributed by atoms with Gasteiger partial charge >= 0.3 is 0 Å². The molecule has 0 saturated carbocycles. The summed E-state index contributed by atoms with van der Waals surface area (Å²) in [6.45, 7) is 2.38. The zero-order valence-electron chi connectivity index (χ0n) is 7.12.